The Hall–Kier alpha value is -0.810. The minimum absolute atomic E-state index is 0. The number of hydrogen-bond donors (Lipinski definition) is 2. The highest BCUT2D eigenvalue weighted by atomic mass is 35.5. The van der Waals surface area contributed by atoms with Crippen molar-refractivity contribution in [1.29, 1.82) is 0 Å². The van der Waals surface area contributed by atoms with Crippen molar-refractivity contribution >= 4 is 24.2 Å². The van der Waals surface area contributed by atoms with Crippen molar-refractivity contribution in [2.75, 3.05) is 33.2 Å². The second kappa shape index (κ2) is 8.35. The quantitative estimate of drug-likeness (QED) is 0.661. The van der Waals surface area contributed by atoms with E-state index in [2.05, 4.69) is 10.6 Å². The van der Waals surface area contributed by atoms with E-state index in [9.17, 15) is 9.59 Å². The van der Waals surface area contributed by atoms with Crippen LogP contribution in [0.15, 0.2) is 0 Å². The van der Waals surface area contributed by atoms with Crippen LogP contribution in [0.1, 0.15) is 19.3 Å². The van der Waals surface area contributed by atoms with E-state index in [1.165, 1.54) is 0 Å². The number of nitrogens with zero attached hydrogens (tertiary/aromatic N) is 1. The molecule has 0 bridgehead atoms. The van der Waals surface area contributed by atoms with Crippen LogP contribution in [0.4, 0.5) is 0 Å². The van der Waals surface area contributed by atoms with Gasteiger partial charge in [-0.1, -0.05) is 0 Å². The second-order valence-electron chi connectivity index (χ2n) is 3.73. The average molecular weight is 250 g/mol. The molecular weight excluding hydrogens is 230 g/mol. The van der Waals surface area contributed by atoms with Gasteiger partial charge in [-0.3, -0.25) is 9.59 Å². The highest BCUT2D eigenvalue weighted by Crippen LogP contribution is 2.09. The standard InChI is InChI=1S/C10H19N3O2.ClH/c1-11-5-6-12-9(14)8-13-7-3-2-4-10(13)15;/h11H,2-8H2,1H3,(H,12,14);1H. The number of nitrogens with one attached hydrogen (secondary N) is 2. The predicted molar refractivity (Wildman–Crippen MR) is 64.6 cm³/mol. The first-order valence-electron chi connectivity index (χ1n) is 5.43. The fraction of sp³-hybridized carbons (Fsp3) is 0.800. The Kier molecular flexibility index (Phi) is 7.93. The van der Waals surface area contributed by atoms with Gasteiger partial charge in [-0.15, -0.1) is 12.4 Å². The van der Waals surface area contributed by atoms with E-state index in [-0.39, 0.29) is 30.8 Å². The Balaban J connectivity index is 0.00000225. The van der Waals surface area contributed by atoms with Gasteiger partial charge in [0.15, 0.2) is 0 Å². The third-order valence-electron chi connectivity index (χ3n) is 2.45. The molecule has 1 fully saturated rings. The lowest BCUT2D eigenvalue weighted by Crippen LogP contribution is -2.44. The molecule has 1 aliphatic rings. The lowest BCUT2D eigenvalue weighted by molar-refractivity contribution is -0.137. The van der Waals surface area contributed by atoms with Gasteiger partial charge in [0.05, 0.1) is 6.54 Å². The third kappa shape index (κ3) is 5.32. The Labute approximate surface area is 102 Å². The molecule has 0 radical (unpaired) electrons. The molecule has 2 N–H and O–H groups in total. The molecule has 0 unspecified atom stereocenters. The molecule has 94 valence electrons. The van der Waals surface area contributed by atoms with Crippen LogP contribution in [0.25, 0.3) is 0 Å². The van der Waals surface area contributed by atoms with Crippen LogP contribution < -0.4 is 10.6 Å². The number of rotatable bonds is 5. The van der Waals surface area contributed by atoms with Crippen LogP contribution in [0.2, 0.25) is 0 Å². The molecule has 6 heteroatoms. The number of likely N-dealkylation sites (tertiary alicyclic amines) is 1. The van der Waals surface area contributed by atoms with Gasteiger partial charge in [-0.25, -0.2) is 0 Å². The first-order chi connectivity index (χ1) is 7.24. The summed E-state index contributed by atoms with van der Waals surface area (Å²) in [5.74, 6) is 0.0329. The van der Waals surface area contributed by atoms with Gasteiger partial charge in [0.2, 0.25) is 11.8 Å². The van der Waals surface area contributed by atoms with E-state index in [0.717, 1.165) is 25.9 Å². The summed E-state index contributed by atoms with van der Waals surface area (Å²) in [5, 5.41) is 5.70. The molecule has 0 spiro atoms. The van der Waals surface area contributed by atoms with E-state index in [1.54, 1.807) is 4.90 Å². The predicted octanol–water partition coefficient (Wildman–Crippen LogP) is -0.244. The molecule has 1 heterocycles. The highest BCUT2D eigenvalue weighted by molar-refractivity contribution is 5.85. The fourth-order valence-corrected chi connectivity index (χ4v) is 1.59. The Morgan fingerprint density at radius 2 is 2.12 bits per heavy atom. The van der Waals surface area contributed by atoms with Gasteiger partial charge in [0, 0.05) is 26.1 Å². The Morgan fingerprint density at radius 1 is 1.38 bits per heavy atom. The van der Waals surface area contributed by atoms with Crippen molar-refractivity contribution in [2.45, 2.75) is 19.3 Å². The topological polar surface area (TPSA) is 61.4 Å². The van der Waals surface area contributed by atoms with E-state index >= 15 is 0 Å². The number of carbonyl (C=O) groups excluding carboxylic acids is 2. The van der Waals surface area contributed by atoms with Crippen molar-refractivity contribution in [3.05, 3.63) is 0 Å². The van der Waals surface area contributed by atoms with Crippen LogP contribution in [0.5, 0.6) is 0 Å². The van der Waals surface area contributed by atoms with Crippen LogP contribution in [0.3, 0.4) is 0 Å². The maximum atomic E-state index is 11.4. The summed E-state index contributed by atoms with van der Waals surface area (Å²) in [6.07, 6.45) is 2.55. The van der Waals surface area contributed by atoms with Crippen molar-refractivity contribution in [2.24, 2.45) is 0 Å². The molecule has 0 saturated carbocycles. The van der Waals surface area contributed by atoms with Gasteiger partial charge in [-0.05, 0) is 19.9 Å². The zero-order valence-electron chi connectivity index (χ0n) is 9.62. The van der Waals surface area contributed by atoms with Crippen molar-refractivity contribution < 1.29 is 9.59 Å². The molecule has 0 aromatic rings. The van der Waals surface area contributed by atoms with Gasteiger partial charge in [0.1, 0.15) is 0 Å². The molecule has 1 saturated heterocycles. The Morgan fingerprint density at radius 3 is 2.75 bits per heavy atom. The summed E-state index contributed by atoms with van der Waals surface area (Å²) in [6.45, 7) is 2.29. The molecule has 0 aromatic carbocycles. The molecule has 5 nitrogen and oxygen atoms in total. The Bertz CT molecular complexity index is 236. The summed E-state index contributed by atoms with van der Waals surface area (Å²) in [6, 6.07) is 0. The maximum absolute atomic E-state index is 11.4. The smallest absolute Gasteiger partial charge is 0.239 e. The number of halogens is 1. The zero-order valence-corrected chi connectivity index (χ0v) is 10.4. The van der Waals surface area contributed by atoms with Crippen molar-refractivity contribution in [3.8, 4) is 0 Å². The minimum atomic E-state index is -0.0690. The largest absolute Gasteiger partial charge is 0.353 e. The van der Waals surface area contributed by atoms with E-state index in [4.69, 9.17) is 0 Å². The maximum Gasteiger partial charge on any atom is 0.239 e. The molecule has 0 aliphatic carbocycles. The van der Waals surface area contributed by atoms with Crippen LogP contribution >= 0.6 is 12.4 Å². The first-order valence-corrected chi connectivity index (χ1v) is 5.43. The average Bonchev–Trinajstić information content (AvgIpc) is 2.22. The third-order valence-corrected chi connectivity index (χ3v) is 2.45. The van der Waals surface area contributed by atoms with Gasteiger partial charge < -0.3 is 15.5 Å². The number of amides is 2. The normalized spacial score (nSPS) is 15.6. The second-order valence-corrected chi connectivity index (χ2v) is 3.73. The van der Waals surface area contributed by atoms with E-state index < -0.39 is 0 Å². The van der Waals surface area contributed by atoms with Crippen LogP contribution in [-0.2, 0) is 9.59 Å². The number of hydrogen-bond acceptors (Lipinski definition) is 3. The van der Waals surface area contributed by atoms with Gasteiger partial charge in [-0.2, -0.15) is 0 Å². The molecule has 0 atom stereocenters. The van der Waals surface area contributed by atoms with E-state index in [0.29, 0.717) is 13.0 Å². The minimum Gasteiger partial charge on any atom is -0.353 e. The van der Waals surface area contributed by atoms with Gasteiger partial charge >= 0.3 is 0 Å². The van der Waals surface area contributed by atoms with Crippen LogP contribution in [-0.4, -0.2) is 49.9 Å². The number of piperidine rings is 1. The SMILES string of the molecule is CNCCNC(=O)CN1CCCCC1=O.Cl. The molecule has 1 rings (SSSR count). The van der Waals surface area contributed by atoms with Crippen molar-refractivity contribution in [1.82, 2.24) is 15.5 Å². The molecular formula is C10H20ClN3O2. The molecule has 0 aromatic heterocycles. The monoisotopic (exact) mass is 249 g/mol. The fourth-order valence-electron chi connectivity index (χ4n) is 1.59. The van der Waals surface area contributed by atoms with Crippen molar-refractivity contribution in [3.63, 3.8) is 0 Å². The van der Waals surface area contributed by atoms with Crippen LogP contribution in [0, 0.1) is 0 Å². The zero-order chi connectivity index (χ0) is 11.1. The van der Waals surface area contributed by atoms with E-state index in [1.807, 2.05) is 7.05 Å². The summed E-state index contributed by atoms with van der Waals surface area (Å²) in [5.41, 5.74) is 0. The summed E-state index contributed by atoms with van der Waals surface area (Å²) in [7, 11) is 1.83. The lowest BCUT2D eigenvalue weighted by atomic mass is 10.1. The number of likely N-dealkylation sites (N-methyl/N-ethyl adjacent to an activating group) is 1. The summed E-state index contributed by atoms with van der Waals surface area (Å²) < 4.78 is 0. The highest BCUT2D eigenvalue weighted by Gasteiger charge is 2.19. The molecule has 16 heavy (non-hydrogen) atoms. The summed E-state index contributed by atoms with van der Waals surface area (Å²) >= 11 is 0. The molecule has 1 aliphatic heterocycles. The molecule has 2 amide bonds. The van der Waals surface area contributed by atoms with Gasteiger partial charge in [0.25, 0.3) is 0 Å². The summed E-state index contributed by atoms with van der Waals surface area (Å²) in [4.78, 5) is 24.4. The number of carbonyl (C=O) groups is 2. The lowest BCUT2D eigenvalue weighted by Gasteiger charge is -2.25. The first kappa shape index (κ1) is 15.2.